The minimum atomic E-state index is -0.0173. The Morgan fingerprint density at radius 3 is 2.47 bits per heavy atom. The number of hydrogen-bond acceptors (Lipinski definition) is 4. The minimum absolute atomic E-state index is 0.0173. The first-order valence-corrected chi connectivity index (χ1v) is 6.49. The van der Waals surface area contributed by atoms with E-state index < -0.39 is 0 Å². The molecule has 5 heteroatoms. The minimum Gasteiger partial charge on any atom is -0.329 e. The van der Waals surface area contributed by atoms with Crippen molar-refractivity contribution in [3.05, 3.63) is 0 Å². The van der Waals surface area contributed by atoms with Gasteiger partial charge in [0.2, 0.25) is 11.8 Å². The van der Waals surface area contributed by atoms with Gasteiger partial charge in [-0.2, -0.15) is 0 Å². The summed E-state index contributed by atoms with van der Waals surface area (Å²) in [7, 11) is 0. The molecule has 2 saturated heterocycles. The maximum Gasteiger partial charge on any atom is 0.229 e. The van der Waals surface area contributed by atoms with Crippen LogP contribution in [-0.4, -0.2) is 53.8 Å². The summed E-state index contributed by atoms with van der Waals surface area (Å²) in [5.41, 5.74) is 5.74. The molecular formula is C12H21N3O2. The number of piperidine rings is 1. The van der Waals surface area contributed by atoms with Crippen LogP contribution in [0.2, 0.25) is 0 Å². The van der Waals surface area contributed by atoms with E-state index in [-0.39, 0.29) is 11.8 Å². The van der Waals surface area contributed by atoms with Crippen molar-refractivity contribution in [3.63, 3.8) is 0 Å². The van der Waals surface area contributed by atoms with Crippen molar-refractivity contribution >= 4 is 11.8 Å². The normalized spacial score (nSPS) is 26.9. The molecule has 0 spiro atoms. The molecular weight excluding hydrogens is 218 g/mol. The van der Waals surface area contributed by atoms with Crippen LogP contribution >= 0.6 is 0 Å². The Bertz CT molecular complexity index is 290. The van der Waals surface area contributed by atoms with E-state index in [9.17, 15) is 9.59 Å². The molecule has 96 valence electrons. The van der Waals surface area contributed by atoms with Crippen molar-refractivity contribution in [2.24, 2.45) is 5.73 Å². The van der Waals surface area contributed by atoms with Crippen LogP contribution in [0.1, 0.15) is 32.1 Å². The van der Waals surface area contributed by atoms with Crippen molar-refractivity contribution in [1.29, 1.82) is 0 Å². The summed E-state index contributed by atoms with van der Waals surface area (Å²) in [6, 6.07) is 0.427. The van der Waals surface area contributed by atoms with Gasteiger partial charge in [0.1, 0.15) is 0 Å². The molecule has 0 saturated carbocycles. The number of carbonyl (C=O) groups is 2. The summed E-state index contributed by atoms with van der Waals surface area (Å²) in [4.78, 5) is 26.7. The molecule has 0 radical (unpaired) electrons. The van der Waals surface area contributed by atoms with Crippen molar-refractivity contribution in [1.82, 2.24) is 9.80 Å². The quantitative estimate of drug-likeness (QED) is 0.698. The average molecular weight is 239 g/mol. The van der Waals surface area contributed by atoms with Gasteiger partial charge in [-0.05, 0) is 19.4 Å². The maximum absolute atomic E-state index is 11.5. The molecule has 0 aromatic rings. The lowest BCUT2D eigenvalue weighted by molar-refractivity contribution is -0.138. The lowest BCUT2D eigenvalue weighted by Crippen LogP contribution is -2.47. The van der Waals surface area contributed by atoms with Gasteiger partial charge in [-0.15, -0.1) is 0 Å². The van der Waals surface area contributed by atoms with Crippen molar-refractivity contribution < 1.29 is 9.59 Å². The van der Waals surface area contributed by atoms with Gasteiger partial charge >= 0.3 is 0 Å². The monoisotopic (exact) mass is 239 g/mol. The highest BCUT2D eigenvalue weighted by molar-refractivity contribution is 6.01. The van der Waals surface area contributed by atoms with Crippen molar-refractivity contribution in [3.8, 4) is 0 Å². The zero-order chi connectivity index (χ0) is 12.3. The fourth-order valence-electron chi connectivity index (χ4n) is 2.72. The SMILES string of the molecule is NCC1CCCCN1CCN1C(=O)CCC1=O. The molecule has 1 atom stereocenters. The van der Waals surface area contributed by atoms with Gasteiger partial charge < -0.3 is 5.73 Å². The smallest absolute Gasteiger partial charge is 0.229 e. The number of amides is 2. The Kier molecular flexibility index (Phi) is 4.12. The fourth-order valence-corrected chi connectivity index (χ4v) is 2.72. The maximum atomic E-state index is 11.5. The van der Waals surface area contributed by atoms with E-state index in [0.717, 1.165) is 19.5 Å². The Morgan fingerprint density at radius 2 is 1.82 bits per heavy atom. The first kappa shape index (κ1) is 12.5. The molecule has 0 aliphatic carbocycles. The van der Waals surface area contributed by atoms with Crippen LogP contribution in [0.25, 0.3) is 0 Å². The Balaban J connectivity index is 1.84. The molecule has 2 aliphatic heterocycles. The third kappa shape index (κ3) is 2.84. The van der Waals surface area contributed by atoms with Crippen LogP contribution < -0.4 is 5.73 Å². The van der Waals surface area contributed by atoms with Crippen molar-refractivity contribution in [2.45, 2.75) is 38.1 Å². The zero-order valence-electron chi connectivity index (χ0n) is 10.2. The van der Waals surface area contributed by atoms with Crippen molar-refractivity contribution in [2.75, 3.05) is 26.2 Å². The number of imide groups is 1. The predicted molar refractivity (Wildman–Crippen MR) is 64.2 cm³/mol. The Labute approximate surface area is 102 Å². The average Bonchev–Trinajstić information content (AvgIpc) is 2.67. The highest BCUT2D eigenvalue weighted by Crippen LogP contribution is 2.17. The van der Waals surface area contributed by atoms with Crippen LogP contribution in [-0.2, 0) is 9.59 Å². The topological polar surface area (TPSA) is 66.6 Å². The van der Waals surface area contributed by atoms with Crippen LogP contribution in [0.4, 0.5) is 0 Å². The Hall–Kier alpha value is -0.940. The number of nitrogens with two attached hydrogens (primary N) is 1. The first-order valence-electron chi connectivity index (χ1n) is 6.49. The number of carbonyl (C=O) groups excluding carboxylic acids is 2. The molecule has 5 nitrogen and oxygen atoms in total. The molecule has 2 heterocycles. The van der Waals surface area contributed by atoms with E-state index in [4.69, 9.17) is 5.73 Å². The molecule has 2 fully saturated rings. The molecule has 2 rings (SSSR count). The third-order valence-corrected chi connectivity index (χ3v) is 3.79. The van der Waals surface area contributed by atoms with E-state index in [2.05, 4.69) is 4.90 Å². The van der Waals surface area contributed by atoms with Gasteiger partial charge in [0.15, 0.2) is 0 Å². The third-order valence-electron chi connectivity index (χ3n) is 3.79. The summed E-state index contributed by atoms with van der Waals surface area (Å²) in [6.45, 7) is 3.02. The summed E-state index contributed by atoms with van der Waals surface area (Å²) in [5, 5.41) is 0. The van der Waals surface area contributed by atoms with Gasteiger partial charge in [0.05, 0.1) is 0 Å². The molecule has 2 amide bonds. The lowest BCUT2D eigenvalue weighted by atomic mass is 10.0. The second-order valence-corrected chi connectivity index (χ2v) is 4.86. The molecule has 1 unspecified atom stereocenters. The Morgan fingerprint density at radius 1 is 1.12 bits per heavy atom. The molecule has 2 aliphatic rings. The van der Waals surface area contributed by atoms with E-state index in [1.807, 2.05) is 0 Å². The van der Waals surface area contributed by atoms with Gasteiger partial charge in [-0.3, -0.25) is 19.4 Å². The van der Waals surface area contributed by atoms with E-state index >= 15 is 0 Å². The zero-order valence-corrected chi connectivity index (χ0v) is 10.2. The largest absolute Gasteiger partial charge is 0.329 e. The molecule has 2 N–H and O–H groups in total. The lowest BCUT2D eigenvalue weighted by Gasteiger charge is -2.35. The second-order valence-electron chi connectivity index (χ2n) is 4.86. The number of nitrogens with zero attached hydrogens (tertiary/aromatic N) is 2. The molecule has 17 heavy (non-hydrogen) atoms. The highest BCUT2D eigenvalue weighted by Gasteiger charge is 2.30. The van der Waals surface area contributed by atoms with Crippen LogP contribution in [0.15, 0.2) is 0 Å². The van der Waals surface area contributed by atoms with Gasteiger partial charge in [0.25, 0.3) is 0 Å². The number of likely N-dealkylation sites (tertiary alicyclic amines) is 2. The van der Waals surface area contributed by atoms with Gasteiger partial charge in [0, 0.05) is 38.5 Å². The van der Waals surface area contributed by atoms with E-state index in [1.54, 1.807) is 0 Å². The van der Waals surface area contributed by atoms with Crippen LogP contribution in [0, 0.1) is 0 Å². The van der Waals surface area contributed by atoms with E-state index in [1.165, 1.54) is 17.7 Å². The van der Waals surface area contributed by atoms with Crippen LogP contribution in [0.3, 0.4) is 0 Å². The highest BCUT2D eigenvalue weighted by atomic mass is 16.2. The first-order chi connectivity index (χ1) is 8.22. The predicted octanol–water partition coefficient (Wildman–Crippen LogP) is -0.0514. The fraction of sp³-hybridized carbons (Fsp3) is 0.833. The summed E-state index contributed by atoms with van der Waals surface area (Å²) < 4.78 is 0. The van der Waals surface area contributed by atoms with Gasteiger partial charge in [-0.1, -0.05) is 6.42 Å². The summed E-state index contributed by atoms with van der Waals surface area (Å²) in [6.07, 6.45) is 4.34. The van der Waals surface area contributed by atoms with Gasteiger partial charge in [-0.25, -0.2) is 0 Å². The number of hydrogen-bond donors (Lipinski definition) is 1. The summed E-state index contributed by atoms with van der Waals surface area (Å²) >= 11 is 0. The van der Waals surface area contributed by atoms with Crippen LogP contribution in [0.5, 0.6) is 0 Å². The standard InChI is InChI=1S/C12H21N3O2/c13-9-10-3-1-2-6-14(10)7-8-15-11(16)4-5-12(15)17/h10H,1-9,13H2. The molecule has 0 bridgehead atoms. The molecule has 0 aromatic heterocycles. The second kappa shape index (κ2) is 5.60. The van der Waals surface area contributed by atoms with E-state index in [0.29, 0.717) is 32.0 Å². The summed E-state index contributed by atoms with van der Waals surface area (Å²) in [5.74, 6) is -0.0346. The molecule has 0 aromatic carbocycles. The number of rotatable bonds is 4.